The molecule has 0 saturated carbocycles. The average molecular weight is 422 g/mol. The first kappa shape index (κ1) is 19.3. The summed E-state index contributed by atoms with van der Waals surface area (Å²) in [6.45, 7) is 0. The number of thioether (sulfide) groups is 2. The molecule has 0 fully saturated rings. The highest BCUT2D eigenvalue weighted by molar-refractivity contribution is 8.01. The van der Waals surface area contributed by atoms with Crippen LogP contribution in [0.1, 0.15) is 0 Å². The van der Waals surface area contributed by atoms with E-state index in [2.05, 4.69) is 4.98 Å². The van der Waals surface area contributed by atoms with Gasteiger partial charge in [0.25, 0.3) is 0 Å². The van der Waals surface area contributed by atoms with Gasteiger partial charge in [0.1, 0.15) is 4.34 Å². The normalized spacial score (nSPS) is 12.0. The van der Waals surface area contributed by atoms with Crippen LogP contribution in [-0.4, -0.2) is 27.6 Å². The summed E-state index contributed by atoms with van der Waals surface area (Å²) in [6.07, 6.45) is 1.74. The zero-order valence-electron chi connectivity index (χ0n) is 13.7. The zero-order valence-corrected chi connectivity index (χ0v) is 16.9. The Labute approximate surface area is 169 Å². The van der Waals surface area contributed by atoms with Crippen LogP contribution in [0.15, 0.2) is 69.3 Å². The molecule has 3 nitrogen and oxygen atoms in total. The van der Waals surface area contributed by atoms with E-state index in [0.29, 0.717) is 11.5 Å². The van der Waals surface area contributed by atoms with Gasteiger partial charge < -0.3 is 5.11 Å². The van der Waals surface area contributed by atoms with Gasteiger partial charge in [-0.1, -0.05) is 47.6 Å². The minimum absolute atomic E-state index is 0.412. The van der Waals surface area contributed by atoms with E-state index in [9.17, 15) is 9.90 Å². The fraction of sp³-hybridized carbons (Fsp3) is 0.158. The molecule has 0 spiro atoms. The minimum Gasteiger partial charge on any atom is -0.481 e. The summed E-state index contributed by atoms with van der Waals surface area (Å²) in [5, 5.41) is 12.1. The van der Waals surface area contributed by atoms with Crippen LogP contribution in [0.5, 0.6) is 0 Å². The molecule has 3 aromatic rings. The van der Waals surface area contributed by atoms with Gasteiger partial charge in [-0.2, -0.15) is 0 Å². The third-order valence-electron chi connectivity index (χ3n) is 3.65. The predicted molar refractivity (Wildman–Crippen MR) is 112 cm³/mol. The van der Waals surface area contributed by atoms with Gasteiger partial charge in [0.05, 0.1) is 5.92 Å². The molecule has 0 saturated heterocycles. The standard InChI is InChI=1S/C19H16ClNO2S3/c20-16-5-1-13(2-6-16)14-3-7-17(8-4-14)25-11-15(18(22)23)12-26-19-21-9-10-24-19/h1-10,15H,11-12H2,(H,22,23). The Bertz CT molecular complexity index is 836. The predicted octanol–water partition coefficient (Wildman–Crippen LogP) is 6.05. The smallest absolute Gasteiger partial charge is 0.308 e. The Kier molecular flexibility index (Phi) is 7.02. The van der Waals surface area contributed by atoms with Crippen LogP contribution in [0.2, 0.25) is 5.02 Å². The highest BCUT2D eigenvalue weighted by Crippen LogP contribution is 2.29. The van der Waals surface area contributed by atoms with Gasteiger partial charge in [0.15, 0.2) is 0 Å². The second-order valence-electron chi connectivity index (χ2n) is 5.49. The van der Waals surface area contributed by atoms with Crippen LogP contribution in [-0.2, 0) is 4.79 Å². The first-order valence-corrected chi connectivity index (χ1v) is 11.1. The van der Waals surface area contributed by atoms with Gasteiger partial charge in [-0.05, 0) is 35.4 Å². The Balaban J connectivity index is 1.57. The molecule has 1 atom stereocenters. The first-order valence-electron chi connectivity index (χ1n) is 7.86. The monoisotopic (exact) mass is 421 g/mol. The highest BCUT2D eigenvalue weighted by Gasteiger charge is 2.18. The van der Waals surface area contributed by atoms with Crippen LogP contribution in [0.4, 0.5) is 0 Å². The van der Waals surface area contributed by atoms with E-state index in [0.717, 1.165) is 25.4 Å². The molecular formula is C19H16ClNO2S3. The largest absolute Gasteiger partial charge is 0.481 e. The van der Waals surface area contributed by atoms with Crippen molar-refractivity contribution in [1.82, 2.24) is 4.98 Å². The van der Waals surface area contributed by atoms with Gasteiger partial charge in [0, 0.05) is 33.0 Å². The van der Waals surface area contributed by atoms with Crippen molar-refractivity contribution in [3.8, 4) is 11.1 Å². The molecule has 0 aliphatic rings. The van der Waals surface area contributed by atoms with E-state index in [-0.39, 0.29) is 0 Å². The summed E-state index contributed by atoms with van der Waals surface area (Å²) in [5.74, 6) is -0.114. The lowest BCUT2D eigenvalue weighted by atomic mass is 10.1. The zero-order chi connectivity index (χ0) is 18.4. The molecule has 2 aromatic carbocycles. The lowest BCUT2D eigenvalue weighted by Gasteiger charge is -2.11. The Morgan fingerprint density at radius 2 is 1.65 bits per heavy atom. The summed E-state index contributed by atoms with van der Waals surface area (Å²) in [7, 11) is 0. The Morgan fingerprint density at radius 1 is 1.04 bits per heavy atom. The maximum Gasteiger partial charge on any atom is 0.308 e. The SMILES string of the molecule is O=C(O)C(CSc1ccc(-c2ccc(Cl)cc2)cc1)CSc1nccs1. The second-order valence-corrected chi connectivity index (χ2v) is 9.18. The maximum absolute atomic E-state index is 11.5. The fourth-order valence-electron chi connectivity index (χ4n) is 2.23. The molecule has 134 valence electrons. The maximum atomic E-state index is 11.5. The molecule has 0 aliphatic carbocycles. The molecule has 7 heteroatoms. The van der Waals surface area contributed by atoms with E-state index in [1.54, 1.807) is 18.0 Å². The third kappa shape index (κ3) is 5.51. The average Bonchev–Trinajstić information content (AvgIpc) is 3.16. The van der Waals surface area contributed by atoms with Crippen molar-refractivity contribution < 1.29 is 9.90 Å². The van der Waals surface area contributed by atoms with E-state index in [1.165, 1.54) is 23.1 Å². The number of carbonyl (C=O) groups is 1. The molecule has 1 N–H and O–H groups in total. The third-order valence-corrected chi connectivity index (χ3v) is 7.20. The van der Waals surface area contributed by atoms with Gasteiger partial charge >= 0.3 is 5.97 Å². The Morgan fingerprint density at radius 3 is 2.23 bits per heavy atom. The number of benzene rings is 2. The number of aliphatic carboxylic acids is 1. The number of hydrogen-bond acceptors (Lipinski definition) is 5. The fourth-order valence-corrected chi connectivity index (χ4v) is 5.23. The van der Waals surface area contributed by atoms with Gasteiger partial charge in [0.2, 0.25) is 0 Å². The summed E-state index contributed by atoms with van der Waals surface area (Å²) in [6, 6.07) is 15.9. The molecule has 1 unspecified atom stereocenters. The molecule has 0 radical (unpaired) electrons. The van der Waals surface area contributed by atoms with Crippen LogP contribution < -0.4 is 0 Å². The first-order chi connectivity index (χ1) is 12.6. The van der Waals surface area contributed by atoms with E-state index >= 15 is 0 Å². The van der Waals surface area contributed by atoms with Crippen molar-refractivity contribution in [1.29, 1.82) is 0 Å². The molecule has 1 heterocycles. The quantitative estimate of drug-likeness (QED) is 0.448. The molecule has 26 heavy (non-hydrogen) atoms. The lowest BCUT2D eigenvalue weighted by Crippen LogP contribution is -2.18. The lowest BCUT2D eigenvalue weighted by molar-refractivity contribution is -0.140. The molecule has 0 aliphatic heterocycles. The summed E-state index contributed by atoms with van der Waals surface area (Å²) >= 11 is 10.5. The molecule has 0 amide bonds. The minimum atomic E-state index is -0.764. The van der Waals surface area contributed by atoms with Crippen LogP contribution in [0.25, 0.3) is 11.1 Å². The van der Waals surface area contributed by atoms with Crippen LogP contribution in [0.3, 0.4) is 0 Å². The van der Waals surface area contributed by atoms with Gasteiger partial charge in [-0.25, -0.2) is 4.98 Å². The number of aromatic nitrogens is 1. The van der Waals surface area contributed by atoms with Crippen LogP contribution >= 0.6 is 46.5 Å². The molecule has 3 rings (SSSR count). The van der Waals surface area contributed by atoms with E-state index < -0.39 is 11.9 Å². The highest BCUT2D eigenvalue weighted by atomic mass is 35.5. The summed E-state index contributed by atoms with van der Waals surface area (Å²) < 4.78 is 0.911. The van der Waals surface area contributed by atoms with E-state index in [4.69, 9.17) is 11.6 Å². The summed E-state index contributed by atoms with van der Waals surface area (Å²) in [4.78, 5) is 16.7. The number of carboxylic acid groups (broad SMARTS) is 1. The summed E-state index contributed by atoms with van der Waals surface area (Å²) in [5.41, 5.74) is 2.22. The van der Waals surface area contributed by atoms with E-state index in [1.807, 2.05) is 53.9 Å². The number of thiazole rings is 1. The number of nitrogens with zero attached hydrogens (tertiary/aromatic N) is 1. The number of halogens is 1. The second kappa shape index (κ2) is 9.46. The molecule has 1 aromatic heterocycles. The topological polar surface area (TPSA) is 50.2 Å². The van der Waals surface area contributed by atoms with Crippen LogP contribution in [0, 0.1) is 5.92 Å². The van der Waals surface area contributed by atoms with Crippen molar-refractivity contribution in [2.75, 3.05) is 11.5 Å². The van der Waals surface area contributed by atoms with Crippen molar-refractivity contribution in [3.05, 3.63) is 65.1 Å². The Hall–Kier alpha value is -1.47. The van der Waals surface area contributed by atoms with Gasteiger partial charge in [-0.15, -0.1) is 23.1 Å². The molecular weight excluding hydrogens is 406 g/mol. The van der Waals surface area contributed by atoms with Crippen molar-refractivity contribution in [2.45, 2.75) is 9.24 Å². The van der Waals surface area contributed by atoms with Crippen molar-refractivity contribution in [2.24, 2.45) is 5.92 Å². The van der Waals surface area contributed by atoms with Crippen molar-refractivity contribution >= 4 is 52.4 Å². The molecule has 0 bridgehead atoms. The van der Waals surface area contributed by atoms with Crippen molar-refractivity contribution in [3.63, 3.8) is 0 Å². The number of rotatable bonds is 8. The number of hydrogen-bond donors (Lipinski definition) is 1. The number of carboxylic acids is 1. The van der Waals surface area contributed by atoms with Gasteiger partial charge in [-0.3, -0.25) is 4.79 Å².